The van der Waals surface area contributed by atoms with Crippen molar-refractivity contribution in [2.45, 2.75) is 0 Å². The predicted molar refractivity (Wildman–Crippen MR) is 22.7 cm³/mol. The summed E-state index contributed by atoms with van der Waals surface area (Å²) in [6, 6.07) is 0. The van der Waals surface area contributed by atoms with Crippen molar-refractivity contribution in [2.75, 3.05) is 0 Å². The van der Waals surface area contributed by atoms with E-state index in [1.807, 2.05) is 0 Å². The molecule has 0 bridgehead atoms. The van der Waals surface area contributed by atoms with Crippen LogP contribution in [0.4, 0.5) is 0 Å². The van der Waals surface area contributed by atoms with Crippen LogP contribution >= 0.6 is 4.44 Å². The molecule has 0 amide bonds. The average molecular weight is 132 g/mol. The second-order valence-electron chi connectivity index (χ2n) is 0.545. The Balaban J connectivity index is 0. The molecule has 0 aliphatic rings. The molecule has 7 heavy (non-hydrogen) atoms. The van der Waals surface area contributed by atoms with Crippen molar-refractivity contribution in [3.8, 4) is 0 Å². The molecule has 4 nitrogen and oxygen atoms in total. The number of hydrogen-bond donors (Lipinski definition) is 1. The molecule has 0 saturated heterocycles. The molecule has 0 atom stereocenters. The van der Waals surface area contributed by atoms with Crippen LogP contribution in [0.15, 0.2) is 0 Å². The second kappa shape index (κ2) is 9.62. The van der Waals surface area contributed by atoms with Crippen LogP contribution in [0.3, 0.4) is 0 Å². The Labute approximate surface area is 57.3 Å². The quantitative estimate of drug-likeness (QED) is 0.284. The van der Waals surface area contributed by atoms with Crippen molar-refractivity contribution in [2.24, 2.45) is 0 Å². The van der Waals surface area contributed by atoms with Gasteiger partial charge in [-0.2, -0.15) is 0 Å². The van der Waals surface area contributed by atoms with E-state index in [9.17, 15) is 0 Å². The van der Waals surface area contributed by atoms with Gasteiger partial charge in [-0.15, -0.1) is 0 Å². The van der Waals surface area contributed by atoms with Crippen LogP contribution in [-0.2, 0) is 13.9 Å². The summed E-state index contributed by atoms with van der Waals surface area (Å²) in [7, 11) is 0. The zero-order chi connectivity index (χ0) is 6.28. The average Bonchev–Trinajstić information content (AvgIpc) is 1.33. The third-order valence-electron chi connectivity index (χ3n) is 0. The molecule has 0 spiro atoms. The molecule has 0 aromatic carbocycles. The first-order valence-electron chi connectivity index (χ1n) is 1.31. The molecule has 0 unspecified atom stereocenters. The SMILES string of the molecule is O=CO.O=[P](=O)[Na]. The van der Waals surface area contributed by atoms with Gasteiger partial charge in [0.1, 0.15) is 0 Å². The van der Waals surface area contributed by atoms with Crippen molar-refractivity contribution in [3.05, 3.63) is 0 Å². The zero-order valence-corrected chi connectivity index (χ0v) is 6.59. The van der Waals surface area contributed by atoms with E-state index < -0.39 is 4.44 Å². The fourth-order valence-corrected chi connectivity index (χ4v) is 0. The molecular formula is CH2NaO4P. The number of hydrogen-bond acceptors (Lipinski definition) is 3. The molecule has 6 heteroatoms. The van der Waals surface area contributed by atoms with E-state index in [1.54, 1.807) is 0 Å². The molecule has 0 rings (SSSR count). The predicted octanol–water partition coefficient (Wildman–Crippen LogP) is -0.0564. The molecule has 0 radical (unpaired) electrons. The summed E-state index contributed by atoms with van der Waals surface area (Å²) in [5.74, 6) is 0. The maximum atomic E-state index is 9.10. The molecule has 0 heterocycles. The molecule has 0 fully saturated rings. The van der Waals surface area contributed by atoms with Gasteiger partial charge in [0.2, 0.25) is 0 Å². The number of carboxylic acid groups (broad SMARTS) is 1. The molecular weight excluding hydrogens is 130 g/mol. The van der Waals surface area contributed by atoms with E-state index in [4.69, 9.17) is 19.0 Å². The number of carbonyl (C=O) groups is 1. The van der Waals surface area contributed by atoms with Crippen LogP contribution in [-0.4, -0.2) is 38.9 Å². The first-order chi connectivity index (χ1) is 3.15. The Kier molecular flexibility index (Phi) is 14.3. The molecule has 0 saturated carbocycles. The normalized spacial score (nSPS) is 5.43. The van der Waals surface area contributed by atoms with Crippen LogP contribution in [0.2, 0.25) is 0 Å². The van der Waals surface area contributed by atoms with Gasteiger partial charge < -0.3 is 5.11 Å². The molecule has 36 valence electrons. The Morgan fingerprint density at radius 3 is 1.57 bits per heavy atom. The maximum absolute atomic E-state index is 9.10. The van der Waals surface area contributed by atoms with Crippen LogP contribution < -0.4 is 0 Å². The van der Waals surface area contributed by atoms with Gasteiger partial charge in [-0.1, -0.05) is 0 Å². The van der Waals surface area contributed by atoms with Gasteiger partial charge in [0, 0.05) is 0 Å². The summed E-state index contributed by atoms with van der Waals surface area (Å²) in [4.78, 5) is 8.36. The Morgan fingerprint density at radius 1 is 1.57 bits per heavy atom. The van der Waals surface area contributed by atoms with E-state index in [0.29, 0.717) is 27.3 Å². The third-order valence-corrected chi connectivity index (χ3v) is 0. The van der Waals surface area contributed by atoms with Crippen LogP contribution in [0.1, 0.15) is 0 Å². The van der Waals surface area contributed by atoms with E-state index in [-0.39, 0.29) is 6.47 Å². The van der Waals surface area contributed by atoms with Gasteiger partial charge in [-0.25, -0.2) is 0 Å². The van der Waals surface area contributed by atoms with Gasteiger partial charge in [0.25, 0.3) is 6.47 Å². The van der Waals surface area contributed by atoms with Crippen molar-refractivity contribution in [1.29, 1.82) is 0 Å². The minimum atomic E-state index is -1.98. The van der Waals surface area contributed by atoms with E-state index in [1.165, 1.54) is 0 Å². The van der Waals surface area contributed by atoms with E-state index in [0.717, 1.165) is 0 Å². The zero-order valence-electron chi connectivity index (χ0n) is 3.70. The first-order valence-corrected chi connectivity index (χ1v) is 5.61. The van der Waals surface area contributed by atoms with Crippen molar-refractivity contribution < 1.29 is 19.0 Å². The summed E-state index contributed by atoms with van der Waals surface area (Å²) in [5.41, 5.74) is 0. The van der Waals surface area contributed by atoms with Gasteiger partial charge >= 0.3 is 40.9 Å². The van der Waals surface area contributed by atoms with Gasteiger partial charge in [0.05, 0.1) is 0 Å². The van der Waals surface area contributed by atoms with Crippen LogP contribution in [0, 0.1) is 0 Å². The summed E-state index contributed by atoms with van der Waals surface area (Å²) < 4.78 is 16.2. The van der Waals surface area contributed by atoms with Crippen molar-refractivity contribution in [1.82, 2.24) is 0 Å². The molecule has 0 aromatic heterocycles. The molecule has 0 aliphatic carbocycles. The standard InChI is InChI=1S/CH2O2.Na.O2P/c2-1-3;;1-3-2/h1H,(H,2,3);;. The third kappa shape index (κ3) is 889. The van der Waals surface area contributed by atoms with Gasteiger partial charge in [-0.3, -0.25) is 4.79 Å². The fourth-order valence-electron chi connectivity index (χ4n) is 0. The Morgan fingerprint density at radius 2 is 1.57 bits per heavy atom. The number of rotatable bonds is 0. The topological polar surface area (TPSA) is 71.4 Å². The monoisotopic (exact) mass is 132 g/mol. The molecule has 0 aliphatic heterocycles. The Bertz CT molecular complexity index is 87.9. The summed E-state index contributed by atoms with van der Waals surface area (Å²) in [6.45, 7) is -0.250. The molecule has 0 aromatic rings. The first kappa shape index (κ1) is 10.4. The van der Waals surface area contributed by atoms with E-state index in [2.05, 4.69) is 0 Å². The van der Waals surface area contributed by atoms with Gasteiger partial charge in [0.15, 0.2) is 0 Å². The summed E-state index contributed by atoms with van der Waals surface area (Å²) >= 11 is 0.302. The summed E-state index contributed by atoms with van der Waals surface area (Å²) in [6.07, 6.45) is 0. The van der Waals surface area contributed by atoms with Gasteiger partial charge in [-0.05, 0) is 0 Å². The second-order valence-corrected chi connectivity index (χ2v) is 3.62. The minimum absolute atomic E-state index is 0.250. The van der Waals surface area contributed by atoms with Crippen molar-refractivity contribution in [3.63, 3.8) is 0 Å². The van der Waals surface area contributed by atoms with E-state index >= 15 is 0 Å². The molecule has 1 N–H and O–H groups in total. The van der Waals surface area contributed by atoms with Crippen molar-refractivity contribution >= 4 is 38.2 Å². The summed E-state index contributed by atoms with van der Waals surface area (Å²) in [5, 5.41) is 6.89. The fraction of sp³-hybridized carbons (Fsp3) is 0. The van der Waals surface area contributed by atoms with Crippen LogP contribution in [0.25, 0.3) is 0 Å². The Hall–Kier alpha value is 0.370. The van der Waals surface area contributed by atoms with Crippen LogP contribution in [0.5, 0.6) is 0 Å².